The molecule has 3 rings (SSSR count). The third-order valence-corrected chi connectivity index (χ3v) is 5.17. The lowest BCUT2D eigenvalue weighted by molar-refractivity contribution is 0.415. The molecule has 0 unspecified atom stereocenters. The van der Waals surface area contributed by atoms with Crippen molar-refractivity contribution in [2.75, 3.05) is 0 Å². The Hall–Kier alpha value is -2.24. The maximum atomic E-state index is 10.5. The van der Waals surface area contributed by atoms with Gasteiger partial charge in [-0.05, 0) is 42.8 Å². The molecule has 0 spiro atoms. The molecular formula is C19H18N2OS2. The quantitative estimate of drug-likeness (QED) is 0.499. The lowest BCUT2D eigenvalue weighted by atomic mass is 10.1. The minimum absolute atomic E-state index is 0.193. The average molecular weight is 355 g/mol. The number of thiazole rings is 1. The molecule has 0 aliphatic heterocycles. The largest absolute Gasteiger partial charge is 0.493 e. The zero-order valence-electron chi connectivity index (χ0n) is 13.3. The predicted octanol–water partition coefficient (Wildman–Crippen LogP) is 5.29. The van der Waals surface area contributed by atoms with Crippen molar-refractivity contribution in [1.29, 1.82) is 0 Å². The molecule has 0 aliphatic carbocycles. The van der Waals surface area contributed by atoms with Gasteiger partial charge in [-0.3, -0.25) is 9.56 Å². The molecule has 122 valence electrons. The average Bonchev–Trinajstić information content (AvgIpc) is 2.87. The molecule has 0 radical (unpaired) electrons. The zero-order valence-corrected chi connectivity index (χ0v) is 15.0. The molecule has 2 aromatic carbocycles. The first-order valence-electron chi connectivity index (χ1n) is 7.71. The molecule has 0 fully saturated rings. The Kier molecular flexibility index (Phi) is 5.23. The normalized spacial score (nSPS) is 11.2. The topological polar surface area (TPSA) is 37.5 Å². The third kappa shape index (κ3) is 3.80. The van der Waals surface area contributed by atoms with Crippen LogP contribution in [0.4, 0.5) is 5.69 Å². The van der Waals surface area contributed by atoms with Crippen molar-refractivity contribution in [1.82, 2.24) is 4.57 Å². The van der Waals surface area contributed by atoms with Crippen molar-refractivity contribution < 1.29 is 5.11 Å². The molecule has 0 saturated heterocycles. The number of aliphatic imine (C=N–C) groups is 1. The minimum Gasteiger partial charge on any atom is -0.493 e. The number of aryl methyl sites for hydroxylation is 2. The van der Waals surface area contributed by atoms with Gasteiger partial charge in [0.05, 0.1) is 11.9 Å². The van der Waals surface area contributed by atoms with Gasteiger partial charge in [0, 0.05) is 6.54 Å². The number of nitrogens with zero attached hydrogens (tertiary/aromatic N) is 2. The first-order chi connectivity index (χ1) is 11.6. The van der Waals surface area contributed by atoms with Crippen LogP contribution in [0.1, 0.15) is 16.0 Å². The molecule has 3 nitrogen and oxygen atoms in total. The molecular weight excluding hydrogens is 336 g/mol. The van der Waals surface area contributed by atoms with Gasteiger partial charge in [-0.15, -0.1) is 0 Å². The zero-order chi connectivity index (χ0) is 16.9. The van der Waals surface area contributed by atoms with E-state index in [0.29, 0.717) is 15.4 Å². The summed E-state index contributed by atoms with van der Waals surface area (Å²) >= 11 is 6.77. The standard InChI is InChI=1S/C19H18N2OS2/c1-14-7-5-6-10-16(14)20-13-17-18(22)21(19(23)24-17)12-11-15-8-3-2-4-9-15/h2-10,13,22H,11-12H2,1H3. The first kappa shape index (κ1) is 16.6. The number of benzene rings is 2. The number of hydrogen-bond donors (Lipinski definition) is 1. The Labute approximate surface area is 150 Å². The number of hydrogen-bond acceptors (Lipinski definition) is 4. The molecule has 24 heavy (non-hydrogen) atoms. The Morgan fingerprint density at radius 3 is 2.58 bits per heavy atom. The summed E-state index contributed by atoms with van der Waals surface area (Å²) in [4.78, 5) is 5.17. The van der Waals surface area contributed by atoms with Gasteiger partial charge in [-0.1, -0.05) is 59.9 Å². The van der Waals surface area contributed by atoms with Gasteiger partial charge in [-0.2, -0.15) is 0 Å². The van der Waals surface area contributed by atoms with Crippen LogP contribution in [0, 0.1) is 10.9 Å². The van der Waals surface area contributed by atoms with E-state index < -0.39 is 0 Å². The number of aromatic hydroxyl groups is 1. The van der Waals surface area contributed by atoms with Gasteiger partial charge >= 0.3 is 0 Å². The summed E-state index contributed by atoms with van der Waals surface area (Å²) in [7, 11) is 0. The van der Waals surface area contributed by atoms with E-state index in [4.69, 9.17) is 12.2 Å². The molecule has 0 atom stereocenters. The van der Waals surface area contributed by atoms with Gasteiger partial charge in [0.25, 0.3) is 0 Å². The SMILES string of the molecule is Cc1ccccc1N=Cc1sc(=S)n(CCc2ccccc2)c1O. The summed E-state index contributed by atoms with van der Waals surface area (Å²) in [6, 6.07) is 18.1. The molecule has 0 bridgehead atoms. The fraction of sp³-hybridized carbons (Fsp3) is 0.158. The van der Waals surface area contributed by atoms with Crippen molar-refractivity contribution in [2.24, 2.45) is 4.99 Å². The van der Waals surface area contributed by atoms with E-state index in [1.165, 1.54) is 16.9 Å². The first-order valence-corrected chi connectivity index (χ1v) is 8.94. The third-order valence-electron chi connectivity index (χ3n) is 3.80. The van der Waals surface area contributed by atoms with Crippen molar-refractivity contribution in [3.05, 3.63) is 74.6 Å². The minimum atomic E-state index is 0.193. The Morgan fingerprint density at radius 2 is 1.83 bits per heavy atom. The van der Waals surface area contributed by atoms with Gasteiger partial charge in [-0.25, -0.2) is 0 Å². The number of rotatable bonds is 5. The van der Waals surface area contributed by atoms with Crippen LogP contribution in [0.3, 0.4) is 0 Å². The molecule has 5 heteroatoms. The summed E-state index contributed by atoms with van der Waals surface area (Å²) in [6.07, 6.45) is 2.52. The van der Waals surface area contributed by atoms with Crippen molar-refractivity contribution >= 4 is 35.5 Å². The molecule has 0 amide bonds. The molecule has 0 aliphatic rings. The van der Waals surface area contributed by atoms with Crippen LogP contribution in [-0.2, 0) is 13.0 Å². The van der Waals surface area contributed by atoms with Crippen molar-refractivity contribution in [2.45, 2.75) is 19.9 Å². The van der Waals surface area contributed by atoms with Gasteiger partial charge in [0.2, 0.25) is 5.88 Å². The maximum Gasteiger partial charge on any atom is 0.212 e. The molecule has 1 aromatic heterocycles. The molecule has 0 saturated carbocycles. The van der Waals surface area contributed by atoms with Crippen molar-refractivity contribution in [3.63, 3.8) is 0 Å². The van der Waals surface area contributed by atoms with E-state index >= 15 is 0 Å². The van der Waals surface area contributed by atoms with Crippen LogP contribution < -0.4 is 0 Å². The van der Waals surface area contributed by atoms with Crippen LogP contribution >= 0.6 is 23.6 Å². The second-order valence-electron chi connectivity index (χ2n) is 5.49. The predicted molar refractivity (Wildman–Crippen MR) is 103 cm³/mol. The van der Waals surface area contributed by atoms with E-state index in [0.717, 1.165) is 17.7 Å². The van der Waals surface area contributed by atoms with Gasteiger partial charge in [0.15, 0.2) is 3.95 Å². The van der Waals surface area contributed by atoms with E-state index in [9.17, 15) is 5.11 Å². The van der Waals surface area contributed by atoms with Crippen LogP contribution in [0.2, 0.25) is 0 Å². The second kappa shape index (κ2) is 7.55. The summed E-state index contributed by atoms with van der Waals surface area (Å²) in [5, 5.41) is 10.5. The van der Waals surface area contributed by atoms with E-state index in [1.54, 1.807) is 10.8 Å². The Bertz CT molecular complexity index is 911. The van der Waals surface area contributed by atoms with Crippen LogP contribution in [0.15, 0.2) is 59.6 Å². The maximum absolute atomic E-state index is 10.5. The molecule has 3 aromatic rings. The number of aromatic nitrogens is 1. The molecule has 1 heterocycles. The van der Waals surface area contributed by atoms with Crippen LogP contribution in [-0.4, -0.2) is 15.9 Å². The highest BCUT2D eigenvalue weighted by molar-refractivity contribution is 7.73. The highest BCUT2D eigenvalue weighted by atomic mass is 32.1. The van der Waals surface area contributed by atoms with Gasteiger partial charge in [0.1, 0.15) is 4.88 Å². The Morgan fingerprint density at radius 1 is 1.12 bits per heavy atom. The summed E-state index contributed by atoms with van der Waals surface area (Å²) in [5.74, 6) is 0.193. The van der Waals surface area contributed by atoms with Crippen molar-refractivity contribution in [3.8, 4) is 5.88 Å². The fourth-order valence-electron chi connectivity index (χ4n) is 2.42. The molecule has 1 N–H and O–H groups in total. The highest BCUT2D eigenvalue weighted by Crippen LogP contribution is 2.26. The highest BCUT2D eigenvalue weighted by Gasteiger charge is 2.10. The van der Waals surface area contributed by atoms with Crippen LogP contribution in [0.5, 0.6) is 5.88 Å². The van der Waals surface area contributed by atoms with E-state index in [-0.39, 0.29) is 5.88 Å². The van der Waals surface area contributed by atoms with Gasteiger partial charge < -0.3 is 5.11 Å². The van der Waals surface area contributed by atoms with E-state index in [2.05, 4.69) is 17.1 Å². The summed E-state index contributed by atoms with van der Waals surface area (Å²) in [5.41, 5.74) is 3.22. The summed E-state index contributed by atoms with van der Waals surface area (Å²) in [6.45, 7) is 2.67. The number of para-hydroxylation sites is 1. The lowest BCUT2D eigenvalue weighted by Crippen LogP contribution is -2.00. The monoisotopic (exact) mass is 354 g/mol. The fourth-order valence-corrected chi connectivity index (χ4v) is 3.65. The van der Waals surface area contributed by atoms with E-state index in [1.807, 2.05) is 49.4 Å². The lowest BCUT2D eigenvalue weighted by Gasteiger charge is -2.05. The second-order valence-corrected chi connectivity index (χ2v) is 7.16. The Balaban J connectivity index is 1.79. The summed E-state index contributed by atoms with van der Waals surface area (Å²) < 4.78 is 2.43. The smallest absolute Gasteiger partial charge is 0.212 e. The van der Waals surface area contributed by atoms with Crippen LogP contribution in [0.25, 0.3) is 0 Å².